The van der Waals surface area contributed by atoms with Gasteiger partial charge in [0.25, 0.3) is 11.8 Å². The Kier molecular flexibility index (Phi) is 6.57. The maximum atomic E-state index is 12.4. The van der Waals surface area contributed by atoms with Gasteiger partial charge in [0.05, 0.1) is 0 Å². The first-order chi connectivity index (χ1) is 14.3. The molecule has 0 saturated heterocycles. The SMILES string of the molecule is Cc1ccc(C)n1NC(=O)c1ccc(OCC(=O)Nc2ccccc2C(C)C)cc1. The molecule has 3 rings (SSSR count). The zero-order valence-corrected chi connectivity index (χ0v) is 17.7. The molecule has 1 aromatic heterocycles. The molecule has 0 saturated carbocycles. The largest absolute Gasteiger partial charge is 0.484 e. The Morgan fingerprint density at radius 1 is 0.933 bits per heavy atom. The number of amides is 2. The summed E-state index contributed by atoms with van der Waals surface area (Å²) in [6.07, 6.45) is 0. The molecule has 30 heavy (non-hydrogen) atoms. The van der Waals surface area contributed by atoms with Gasteiger partial charge in [-0.05, 0) is 67.8 Å². The number of ether oxygens (including phenoxy) is 1. The number of nitrogens with one attached hydrogen (secondary N) is 2. The normalized spacial score (nSPS) is 10.7. The van der Waals surface area contributed by atoms with Crippen molar-refractivity contribution in [2.24, 2.45) is 0 Å². The molecule has 6 nitrogen and oxygen atoms in total. The van der Waals surface area contributed by atoms with Crippen molar-refractivity contribution in [3.8, 4) is 5.75 Å². The number of carbonyl (C=O) groups is 2. The molecule has 0 atom stereocenters. The minimum atomic E-state index is -0.233. The highest BCUT2D eigenvalue weighted by Gasteiger charge is 2.11. The van der Waals surface area contributed by atoms with E-state index in [4.69, 9.17) is 4.74 Å². The quantitative estimate of drug-likeness (QED) is 0.602. The van der Waals surface area contributed by atoms with E-state index in [-0.39, 0.29) is 18.4 Å². The highest BCUT2D eigenvalue weighted by Crippen LogP contribution is 2.23. The first-order valence-electron chi connectivity index (χ1n) is 9.93. The molecule has 2 N–H and O–H groups in total. The van der Waals surface area contributed by atoms with Crippen LogP contribution in [0.25, 0.3) is 0 Å². The summed E-state index contributed by atoms with van der Waals surface area (Å²) in [7, 11) is 0. The summed E-state index contributed by atoms with van der Waals surface area (Å²) in [6.45, 7) is 7.90. The van der Waals surface area contributed by atoms with Crippen LogP contribution in [0.2, 0.25) is 0 Å². The average Bonchev–Trinajstić information content (AvgIpc) is 3.05. The van der Waals surface area contributed by atoms with Crippen molar-refractivity contribution in [2.75, 3.05) is 17.3 Å². The molecular formula is C24H27N3O3. The van der Waals surface area contributed by atoms with Gasteiger partial charge in [-0.3, -0.25) is 19.7 Å². The topological polar surface area (TPSA) is 72.4 Å². The molecule has 0 bridgehead atoms. The summed E-state index contributed by atoms with van der Waals surface area (Å²) in [5.41, 5.74) is 7.14. The summed E-state index contributed by atoms with van der Waals surface area (Å²) in [5.74, 6) is 0.378. The predicted molar refractivity (Wildman–Crippen MR) is 119 cm³/mol. The Morgan fingerprint density at radius 2 is 1.57 bits per heavy atom. The molecule has 2 amide bonds. The number of hydrogen-bond donors (Lipinski definition) is 2. The Balaban J connectivity index is 1.56. The van der Waals surface area contributed by atoms with Crippen molar-refractivity contribution >= 4 is 17.5 Å². The Hall–Kier alpha value is -3.54. The van der Waals surface area contributed by atoms with Gasteiger partial charge >= 0.3 is 0 Å². The van der Waals surface area contributed by atoms with Gasteiger partial charge < -0.3 is 10.1 Å². The fraction of sp³-hybridized carbons (Fsp3) is 0.250. The number of benzene rings is 2. The van der Waals surface area contributed by atoms with Gasteiger partial charge in [0.1, 0.15) is 5.75 Å². The first-order valence-corrected chi connectivity index (χ1v) is 9.93. The molecule has 156 valence electrons. The van der Waals surface area contributed by atoms with Gasteiger partial charge in [-0.25, -0.2) is 0 Å². The molecule has 1 heterocycles. The summed E-state index contributed by atoms with van der Waals surface area (Å²) in [6, 6.07) is 18.3. The lowest BCUT2D eigenvalue weighted by Gasteiger charge is -2.14. The molecule has 2 aromatic carbocycles. The number of carbonyl (C=O) groups excluding carboxylic acids is 2. The van der Waals surface area contributed by atoms with E-state index in [1.54, 1.807) is 28.9 Å². The monoisotopic (exact) mass is 405 g/mol. The first kappa shape index (κ1) is 21.2. The van der Waals surface area contributed by atoms with Gasteiger partial charge in [-0.15, -0.1) is 0 Å². The highest BCUT2D eigenvalue weighted by atomic mass is 16.5. The lowest BCUT2D eigenvalue weighted by molar-refractivity contribution is -0.118. The Bertz CT molecular complexity index is 1020. The smallest absolute Gasteiger partial charge is 0.270 e. The zero-order chi connectivity index (χ0) is 21.7. The van der Waals surface area contributed by atoms with Crippen LogP contribution in [0.3, 0.4) is 0 Å². The summed E-state index contributed by atoms with van der Waals surface area (Å²) >= 11 is 0. The van der Waals surface area contributed by atoms with Gasteiger partial charge in [0.2, 0.25) is 0 Å². The van der Waals surface area contributed by atoms with Gasteiger partial charge in [0.15, 0.2) is 6.61 Å². The van der Waals surface area contributed by atoms with Crippen molar-refractivity contribution < 1.29 is 14.3 Å². The van der Waals surface area contributed by atoms with Crippen LogP contribution in [0, 0.1) is 13.8 Å². The molecule has 3 aromatic rings. The molecule has 0 radical (unpaired) electrons. The maximum Gasteiger partial charge on any atom is 0.270 e. The van der Waals surface area contributed by atoms with Crippen LogP contribution < -0.4 is 15.5 Å². The number of aryl methyl sites for hydroxylation is 2. The van der Waals surface area contributed by atoms with Crippen LogP contribution in [0.15, 0.2) is 60.7 Å². The number of nitrogens with zero attached hydrogens (tertiary/aromatic N) is 1. The lowest BCUT2D eigenvalue weighted by Crippen LogP contribution is -2.24. The number of anilines is 1. The highest BCUT2D eigenvalue weighted by molar-refractivity contribution is 6.00. The second-order valence-corrected chi connectivity index (χ2v) is 7.50. The van der Waals surface area contributed by atoms with Gasteiger partial charge in [-0.1, -0.05) is 32.0 Å². The molecular weight excluding hydrogens is 378 g/mol. The van der Waals surface area contributed by atoms with Crippen LogP contribution >= 0.6 is 0 Å². The van der Waals surface area contributed by atoms with Crippen molar-refractivity contribution in [1.82, 2.24) is 4.68 Å². The number of aromatic nitrogens is 1. The molecule has 0 spiro atoms. The van der Waals surface area contributed by atoms with E-state index in [0.29, 0.717) is 17.2 Å². The maximum absolute atomic E-state index is 12.4. The molecule has 0 aliphatic heterocycles. The zero-order valence-electron chi connectivity index (χ0n) is 17.7. The molecule has 0 fully saturated rings. The average molecular weight is 405 g/mol. The lowest BCUT2D eigenvalue weighted by atomic mass is 10.0. The van der Waals surface area contributed by atoms with E-state index in [0.717, 1.165) is 22.6 Å². The second-order valence-electron chi connectivity index (χ2n) is 7.50. The van der Waals surface area contributed by atoms with Gasteiger partial charge in [-0.2, -0.15) is 0 Å². The van der Waals surface area contributed by atoms with E-state index in [2.05, 4.69) is 24.6 Å². The minimum absolute atomic E-state index is 0.111. The van der Waals surface area contributed by atoms with Crippen molar-refractivity contribution in [2.45, 2.75) is 33.6 Å². The van der Waals surface area contributed by atoms with E-state index in [1.165, 1.54) is 0 Å². The van der Waals surface area contributed by atoms with Crippen molar-refractivity contribution in [3.05, 3.63) is 83.2 Å². The van der Waals surface area contributed by atoms with Crippen LogP contribution in [0.1, 0.15) is 47.1 Å². The molecule has 6 heteroatoms. The minimum Gasteiger partial charge on any atom is -0.484 e. The van der Waals surface area contributed by atoms with Crippen LogP contribution in [-0.2, 0) is 4.79 Å². The third kappa shape index (κ3) is 5.08. The van der Waals surface area contributed by atoms with E-state index >= 15 is 0 Å². The van der Waals surface area contributed by atoms with Crippen molar-refractivity contribution in [1.29, 1.82) is 0 Å². The van der Waals surface area contributed by atoms with Crippen LogP contribution in [-0.4, -0.2) is 23.1 Å². The number of rotatable bonds is 7. The molecule has 0 unspecified atom stereocenters. The number of hydrogen-bond acceptors (Lipinski definition) is 3. The summed E-state index contributed by atoms with van der Waals surface area (Å²) in [5, 5.41) is 2.90. The third-order valence-electron chi connectivity index (χ3n) is 4.83. The standard InChI is InChI=1S/C24H27N3O3/c1-16(2)21-7-5-6-8-22(21)25-23(28)15-30-20-13-11-19(12-14-20)24(29)26-27-17(3)9-10-18(27)4/h5-14,16H,15H2,1-4H3,(H,25,28)(H,26,29). The molecule has 0 aliphatic rings. The Morgan fingerprint density at radius 3 is 2.20 bits per heavy atom. The van der Waals surface area contributed by atoms with E-state index in [9.17, 15) is 9.59 Å². The summed E-state index contributed by atoms with van der Waals surface area (Å²) < 4.78 is 7.31. The third-order valence-corrected chi connectivity index (χ3v) is 4.83. The van der Waals surface area contributed by atoms with Crippen molar-refractivity contribution in [3.63, 3.8) is 0 Å². The van der Waals surface area contributed by atoms with E-state index in [1.807, 2.05) is 50.2 Å². The fourth-order valence-electron chi connectivity index (χ4n) is 3.16. The Labute approximate surface area is 176 Å². The summed E-state index contributed by atoms with van der Waals surface area (Å²) in [4.78, 5) is 24.7. The fourth-order valence-corrected chi connectivity index (χ4v) is 3.16. The van der Waals surface area contributed by atoms with Crippen LogP contribution in [0.4, 0.5) is 5.69 Å². The predicted octanol–water partition coefficient (Wildman–Crippen LogP) is 4.63. The number of para-hydroxylation sites is 1. The van der Waals surface area contributed by atoms with E-state index < -0.39 is 0 Å². The second kappa shape index (κ2) is 9.31. The van der Waals surface area contributed by atoms with Crippen LogP contribution in [0.5, 0.6) is 5.75 Å². The van der Waals surface area contributed by atoms with Gasteiger partial charge in [0, 0.05) is 22.6 Å². The molecule has 0 aliphatic carbocycles.